The van der Waals surface area contributed by atoms with Gasteiger partial charge in [0.1, 0.15) is 0 Å². The topological polar surface area (TPSA) is 38.5 Å². The van der Waals surface area contributed by atoms with Gasteiger partial charge in [0.2, 0.25) is 0 Å². The first-order valence-corrected chi connectivity index (χ1v) is 6.07. The van der Waals surface area contributed by atoms with Crippen molar-refractivity contribution in [3.63, 3.8) is 0 Å². The minimum absolute atomic E-state index is 0.103. The number of methoxy groups -OCH3 is 1. The molecule has 0 heterocycles. The number of hydrogen-bond acceptors (Lipinski definition) is 3. The molecule has 0 radical (unpaired) electrons. The van der Waals surface area contributed by atoms with Crippen LogP contribution >= 0.6 is 0 Å². The van der Waals surface area contributed by atoms with Crippen molar-refractivity contribution in [2.75, 3.05) is 27.2 Å². The number of hydrogen-bond donors (Lipinski definition) is 1. The Labute approximate surface area is 115 Å². The summed E-state index contributed by atoms with van der Waals surface area (Å²) in [5.74, 6) is -0.440. The Bertz CT molecular complexity index is 437. The van der Waals surface area contributed by atoms with Crippen LogP contribution in [0.4, 0.5) is 17.6 Å². The number of rotatable bonds is 6. The van der Waals surface area contributed by atoms with Crippen LogP contribution in [0.15, 0.2) is 18.2 Å². The lowest BCUT2D eigenvalue weighted by atomic mass is 10.1. The lowest BCUT2D eigenvalue weighted by Gasteiger charge is -2.22. The van der Waals surface area contributed by atoms with Crippen molar-refractivity contribution in [3.8, 4) is 5.75 Å². The molecule has 7 heteroatoms. The molecule has 2 N–H and O–H groups in total. The molecule has 0 saturated heterocycles. The molecule has 0 amide bonds. The van der Waals surface area contributed by atoms with E-state index in [4.69, 9.17) is 10.5 Å². The zero-order valence-electron chi connectivity index (χ0n) is 11.4. The van der Waals surface area contributed by atoms with Crippen molar-refractivity contribution >= 4 is 0 Å². The molecule has 0 fully saturated rings. The number of nitrogens with two attached hydrogens (primary N) is 1. The highest BCUT2D eigenvalue weighted by atomic mass is 19.4. The van der Waals surface area contributed by atoms with Gasteiger partial charge < -0.3 is 15.4 Å². The minimum atomic E-state index is -4.19. The monoisotopic (exact) mass is 294 g/mol. The summed E-state index contributed by atoms with van der Waals surface area (Å²) in [6.07, 6.45) is -5.09. The molecule has 0 aromatic heterocycles. The summed E-state index contributed by atoms with van der Waals surface area (Å²) in [7, 11) is 2.90. The van der Waals surface area contributed by atoms with E-state index >= 15 is 0 Å². The number of nitrogens with zero attached hydrogens (tertiary/aromatic N) is 1. The van der Waals surface area contributed by atoms with Gasteiger partial charge >= 0.3 is 6.18 Å². The normalized spacial score (nSPS) is 13.6. The minimum Gasteiger partial charge on any atom is -0.494 e. The van der Waals surface area contributed by atoms with Gasteiger partial charge in [0.15, 0.2) is 11.6 Å². The molecule has 1 aromatic rings. The lowest BCUT2D eigenvalue weighted by Crippen LogP contribution is -2.31. The largest absolute Gasteiger partial charge is 0.494 e. The summed E-state index contributed by atoms with van der Waals surface area (Å²) >= 11 is 0. The highest BCUT2D eigenvalue weighted by Gasteiger charge is 2.27. The lowest BCUT2D eigenvalue weighted by molar-refractivity contribution is -0.137. The molecule has 1 rings (SSSR count). The maximum Gasteiger partial charge on any atom is 0.390 e. The van der Waals surface area contributed by atoms with Crippen LogP contribution in [0.5, 0.6) is 5.75 Å². The Balaban J connectivity index is 2.57. The van der Waals surface area contributed by atoms with Gasteiger partial charge in [-0.05, 0) is 24.7 Å². The molecule has 114 valence electrons. The Hall–Kier alpha value is -1.34. The first-order chi connectivity index (χ1) is 9.23. The van der Waals surface area contributed by atoms with Gasteiger partial charge in [-0.25, -0.2) is 4.39 Å². The maximum atomic E-state index is 13.5. The average Bonchev–Trinajstić information content (AvgIpc) is 2.35. The average molecular weight is 294 g/mol. The third-order valence-electron chi connectivity index (χ3n) is 2.89. The summed E-state index contributed by atoms with van der Waals surface area (Å²) in [6.45, 7) is 0.0671. The van der Waals surface area contributed by atoms with Crippen LogP contribution in [0, 0.1) is 5.82 Å². The fraction of sp³-hybridized carbons (Fsp3) is 0.538. The Morgan fingerprint density at radius 2 is 2.00 bits per heavy atom. The van der Waals surface area contributed by atoms with Gasteiger partial charge in [-0.2, -0.15) is 13.2 Å². The van der Waals surface area contributed by atoms with Gasteiger partial charge in [0.25, 0.3) is 0 Å². The predicted molar refractivity (Wildman–Crippen MR) is 68.0 cm³/mol. The second-order valence-corrected chi connectivity index (χ2v) is 4.63. The molecular weight excluding hydrogens is 276 g/mol. The van der Waals surface area contributed by atoms with Crippen molar-refractivity contribution in [1.82, 2.24) is 4.90 Å². The Morgan fingerprint density at radius 3 is 2.50 bits per heavy atom. The van der Waals surface area contributed by atoms with E-state index in [1.54, 1.807) is 13.1 Å². The predicted octanol–water partition coefficient (Wildman–Crippen LogP) is 2.72. The number of ether oxygens (including phenoxy) is 1. The number of halogens is 4. The van der Waals surface area contributed by atoms with E-state index in [1.165, 1.54) is 24.1 Å². The quantitative estimate of drug-likeness (QED) is 0.820. The summed E-state index contributed by atoms with van der Waals surface area (Å²) < 4.78 is 54.6. The maximum absolute atomic E-state index is 13.5. The highest BCUT2D eigenvalue weighted by Crippen LogP contribution is 2.22. The van der Waals surface area contributed by atoms with Gasteiger partial charge in [-0.15, -0.1) is 0 Å². The molecule has 1 aromatic carbocycles. The molecule has 3 nitrogen and oxygen atoms in total. The zero-order valence-corrected chi connectivity index (χ0v) is 11.4. The van der Waals surface area contributed by atoms with Gasteiger partial charge in [-0.3, -0.25) is 0 Å². The molecule has 0 saturated carbocycles. The second kappa shape index (κ2) is 6.90. The van der Waals surface area contributed by atoms with Gasteiger partial charge in [0.05, 0.1) is 13.5 Å². The van der Waals surface area contributed by atoms with Crippen molar-refractivity contribution in [2.24, 2.45) is 5.73 Å². The van der Waals surface area contributed by atoms with Crippen LogP contribution in [-0.4, -0.2) is 38.3 Å². The van der Waals surface area contributed by atoms with Crippen molar-refractivity contribution in [2.45, 2.75) is 18.6 Å². The summed E-state index contributed by atoms with van der Waals surface area (Å²) in [4.78, 5) is 1.47. The molecule has 20 heavy (non-hydrogen) atoms. The molecule has 0 aliphatic heterocycles. The van der Waals surface area contributed by atoms with E-state index in [0.717, 1.165) is 0 Å². The Kier molecular flexibility index (Phi) is 5.76. The van der Waals surface area contributed by atoms with E-state index in [-0.39, 0.29) is 18.8 Å². The van der Waals surface area contributed by atoms with Crippen LogP contribution < -0.4 is 10.5 Å². The van der Waals surface area contributed by atoms with E-state index in [1.807, 2.05) is 0 Å². The molecule has 0 aliphatic rings. The van der Waals surface area contributed by atoms with E-state index in [2.05, 4.69) is 0 Å². The second-order valence-electron chi connectivity index (χ2n) is 4.63. The fourth-order valence-corrected chi connectivity index (χ4v) is 1.76. The number of alkyl halides is 3. The van der Waals surface area contributed by atoms with Crippen LogP contribution in [0.3, 0.4) is 0 Å². The van der Waals surface area contributed by atoms with Gasteiger partial charge in [0, 0.05) is 19.1 Å². The molecule has 0 bridgehead atoms. The zero-order chi connectivity index (χ0) is 15.3. The van der Waals surface area contributed by atoms with Crippen LogP contribution in [0.1, 0.15) is 18.0 Å². The van der Waals surface area contributed by atoms with E-state index < -0.39 is 24.5 Å². The van der Waals surface area contributed by atoms with Crippen LogP contribution in [0.2, 0.25) is 0 Å². The van der Waals surface area contributed by atoms with E-state index in [0.29, 0.717) is 5.56 Å². The summed E-state index contributed by atoms with van der Waals surface area (Å²) in [5, 5.41) is 0. The standard InChI is InChI=1S/C13H18F4N2O/c1-19(6-5-13(15,16)17)8-11(18)9-3-4-12(20-2)10(14)7-9/h3-4,7,11H,5-6,8,18H2,1-2H3. The SMILES string of the molecule is COc1ccc(C(N)CN(C)CCC(F)(F)F)cc1F. The van der Waals surface area contributed by atoms with Gasteiger partial charge in [-0.1, -0.05) is 6.07 Å². The molecule has 1 atom stereocenters. The number of likely N-dealkylation sites (N-methyl/N-ethyl adjacent to an activating group) is 1. The highest BCUT2D eigenvalue weighted by molar-refractivity contribution is 5.31. The first-order valence-electron chi connectivity index (χ1n) is 6.07. The molecular formula is C13H18F4N2O. The van der Waals surface area contributed by atoms with Crippen LogP contribution in [0.25, 0.3) is 0 Å². The van der Waals surface area contributed by atoms with Crippen molar-refractivity contribution < 1.29 is 22.3 Å². The van der Waals surface area contributed by atoms with Crippen molar-refractivity contribution in [1.29, 1.82) is 0 Å². The van der Waals surface area contributed by atoms with Crippen LogP contribution in [-0.2, 0) is 0 Å². The number of benzene rings is 1. The molecule has 0 aliphatic carbocycles. The first kappa shape index (κ1) is 16.7. The van der Waals surface area contributed by atoms with E-state index in [9.17, 15) is 17.6 Å². The third kappa shape index (κ3) is 5.34. The summed E-state index contributed by atoms with van der Waals surface area (Å²) in [5.41, 5.74) is 6.38. The fourth-order valence-electron chi connectivity index (χ4n) is 1.76. The molecule has 1 unspecified atom stereocenters. The summed E-state index contributed by atoms with van der Waals surface area (Å²) in [6, 6.07) is 3.72. The molecule has 0 spiro atoms. The van der Waals surface area contributed by atoms with Crippen molar-refractivity contribution in [3.05, 3.63) is 29.6 Å². The third-order valence-corrected chi connectivity index (χ3v) is 2.89. The smallest absolute Gasteiger partial charge is 0.390 e. The Morgan fingerprint density at radius 1 is 1.35 bits per heavy atom.